The van der Waals surface area contributed by atoms with E-state index < -0.39 is 0 Å². The topological polar surface area (TPSA) is 77.3 Å². The molecule has 1 aromatic carbocycles. The van der Waals surface area contributed by atoms with Gasteiger partial charge in [-0.15, -0.1) is 0 Å². The average Bonchev–Trinajstić information content (AvgIpc) is 2.19. The molecule has 0 aliphatic carbocycles. The van der Waals surface area contributed by atoms with Crippen LogP contribution in [0.5, 0.6) is 0 Å². The molecule has 0 fully saturated rings. The monoisotopic (exact) mass is 273 g/mol. The highest BCUT2D eigenvalue weighted by molar-refractivity contribution is 9.10. The summed E-state index contributed by atoms with van der Waals surface area (Å²) in [6, 6.07) is 5.10. The summed E-state index contributed by atoms with van der Waals surface area (Å²) in [6.45, 7) is 1.90. The Bertz CT molecular complexity index is 386. The van der Waals surface area contributed by atoms with Gasteiger partial charge in [0.15, 0.2) is 0 Å². The van der Waals surface area contributed by atoms with Gasteiger partial charge in [-0.1, -0.05) is 28.9 Å². The van der Waals surface area contributed by atoms with Gasteiger partial charge in [-0.3, -0.25) is 10.1 Å². The van der Waals surface area contributed by atoms with Gasteiger partial charge in [-0.05, 0) is 12.5 Å². The molecular weight excluding hydrogens is 266 g/mol. The van der Waals surface area contributed by atoms with Crippen LogP contribution in [0.2, 0.25) is 0 Å². The maximum absolute atomic E-state index is 10.5. The van der Waals surface area contributed by atoms with Gasteiger partial charge >= 0.3 is 6.15 Å². The van der Waals surface area contributed by atoms with Gasteiger partial charge in [0, 0.05) is 16.1 Å². The summed E-state index contributed by atoms with van der Waals surface area (Å²) in [4.78, 5) is 26.4. The number of carbonyl (C=O) groups excluding carboxylic acids is 2. The van der Waals surface area contributed by atoms with Crippen molar-refractivity contribution >= 4 is 27.8 Å². The van der Waals surface area contributed by atoms with Crippen molar-refractivity contribution in [3.63, 3.8) is 0 Å². The quantitative estimate of drug-likeness (QED) is 0.612. The van der Waals surface area contributed by atoms with Crippen molar-refractivity contribution < 1.29 is 14.5 Å². The molecule has 6 heteroatoms. The zero-order chi connectivity index (χ0) is 11.8. The van der Waals surface area contributed by atoms with Crippen LogP contribution in [-0.2, 0) is 16.0 Å². The summed E-state index contributed by atoms with van der Waals surface area (Å²) >= 11 is 3.19. The van der Waals surface area contributed by atoms with Crippen LogP contribution in [0, 0.1) is 10.1 Å². The molecule has 0 unspecified atom stereocenters. The SMILES string of the molecule is CCc1ccc(Br)cc1[N+](=O)[O-].O=C=O. The minimum atomic E-state index is -0.358. The number of hydrogen-bond acceptors (Lipinski definition) is 4. The van der Waals surface area contributed by atoms with E-state index in [-0.39, 0.29) is 16.8 Å². The van der Waals surface area contributed by atoms with E-state index in [9.17, 15) is 10.1 Å². The number of hydrogen-bond donors (Lipinski definition) is 0. The van der Waals surface area contributed by atoms with E-state index in [0.29, 0.717) is 6.42 Å². The highest BCUT2D eigenvalue weighted by Gasteiger charge is 2.11. The Morgan fingerprint density at radius 3 is 2.40 bits per heavy atom. The first-order valence-corrected chi connectivity index (χ1v) is 4.78. The molecule has 0 radical (unpaired) electrons. The maximum atomic E-state index is 10.5. The summed E-state index contributed by atoms with van der Waals surface area (Å²) < 4.78 is 0.742. The van der Waals surface area contributed by atoms with Gasteiger partial charge < -0.3 is 0 Å². The molecule has 0 aliphatic heterocycles. The highest BCUT2D eigenvalue weighted by atomic mass is 79.9. The van der Waals surface area contributed by atoms with Crippen LogP contribution < -0.4 is 0 Å². The number of halogens is 1. The van der Waals surface area contributed by atoms with Crippen LogP contribution in [0.15, 0.2) is 22.7 Å². The van der Waals surface area contributed by atoms with Crippen LogP contribution >= 0.6 is 15.9 Å². The summed E-state index contributed by atoms with van der Waals surface area (Å²) in [5.41, 5.74) is 0.954. The Labute approximate surface area is 94.4 Å². The molecule has 80 valence electrons. The van der Waals surface area contributed by atoms with Crippen molar-refractivity contribution in [2.45, 2.75) is 13.3 Å². The van der Waals surface area contributed by atoms with Crippen molar-refractivity contribution in [2.24, 2.45) is 0 Å². The molecule has 0 N–H and O–H groups in total. The zero-order valence-electron chi connectivity index (χ0n) is 7.90. The highest BCUT2D eigenvalue weighted by Crippen LogP contribution is 2.23. The molecule has 0 bridgehead atoms. The zero-order valence-corrected chi connectivity index (χ0v) is 9.48. The molecule has 15 heavy (non-hydrogen) atoms. The van der Waals surface area contributed by atoms with Crippen molar-refractivity contribution in [1.29, 1.82) is 0 Å². The second kappa shape index (κ2) is 6.86. The van der Waals surface area contributed by atoms with Crippen LogP contribution in [0.3, 0.4) is 0 Å². The van der Waals surface area contributed by atoms with Crippen molar-refractivity contribution in [2.75, 3.05) is 0 Å². The molecule has 0 spiro atoms. The first-order chi connectivity index (χ1) is 7.06. The third-order valence-electron chi connectivity index (χ3n) is 1.62. The van der Waals surface area contributed by atoms with E-state index in [1.807, 2.05) is 13.0 Å². The number of nitro groups is 1. The molecule has 0 atom stereocenters. The number of nitrogens with zero attached hydrogens (tertiary/aromatic N) is 1. The standard InChI is InChI=1S/C8H8BrNO2.CO2/c1-2-6-3-4-7(9)5-8(6)10(11)12;2-1-3/h3-5H,2H2,1H3;. The minimum Gasteiger partial charge on any atom is -0.258 e. The fourth-order valence-corrected chi connectivity index (χ4v) is 1.35. The largest absolute Gasteiger partial charge is 0.373 e. The lowest BCUT2D eigenvalue weighted by molar-refractivity contribution is -0.385. The second-order valence-electron chi connectivity index (χ2n) is 2.47. The molecule has 0 heterocycles. The lowest BCUT2D eigenvalue weighted by atomic mass is 10.1. The molecule has 1 aromatic rings. The fourth-order valence-electron chi connectivity index (χ4n) is 1.01. The minimum absolute atomic E-state index is 0.187. The van der Waals surface area contributed by atoms with E-state index in [4.69, 9.17) is 9.59 Å². The van der Waals surface area contributed by atoms with Gasteiger partial charge in [0.25, 0.3) is 5.69 Å². The summed E-state index contributed by atoms with van der Waals surface area (Å²) in [5.74, 6) is 0. The average molecular weight is 274 g/mol. The Morgan fingerprint density at radius 1 is 1.47 bits per heavy atom. The third kappa shape index (κ3) is 4.49. The van der Waals surface area contributed by atoms with Gasteiger partial charge in [-0.25, -0.2) is 0 Å². The third-order valence-corrected chi connectivity index (χ3v) is 2.12. The Hall–Kier alpha value is -1.52. The van der Waals surface area contributed by atoms with E-state index in [1.54, 1.807) is 6.07 Å². The van der Waals surface area contributed by atoms with Crippen LogP contribution in [0.1, 0.15) is 12.5 Å². The van der Waals surface area contributed by atoms with Gasteiger partial charge in [0.2, 0.25) is 0 Å². The maximum Gasteiger partial charge on any atom is 0.373 e. The summed E-state index contributed by atoms with van der Waals surface area (Å²) in [6.07, 6.45) is 0.934. The predicted molar refractivity (Wildman–Crippen MR) is 55.2 cm³/mol. The molecule has 0 amide bonds. The van der Waals surface area contributed by atoms with Gasteiger partial charge in [0.05, 0.1) is 4.92 Å². The lowest BCUT2D eigenvalue weighted by Crippen LogP contribution is -1.93. The summed E-state index contributed by atoms with van der Waals surface area (Å²) in [5, 5.41) is 10.5. The van der Waals surface area contributed by atoms with Crippen LogP contribution in [0.4, 0.5) is 5.69 Å². The Morgan fingerprint density at radius 2 is 2.00 bits per heavy atom. The van der Waals surface area contributed by atoms with Crippen molar-refractivity contribution in [3.05, 3.63) is 38.3 Å². The number of rotatable bonds is 2. The molecule has 0 saturated heterocycles. The van der Waals surface area contributed by atoms with E-state index in [1.165, 1.54) is 6.07 Å². The van der Waals surface area contributed by atoms with Crippen molar-refractivity contribution in [3.8, 4) is 0 Å². The fraction of sp³-hybridized carbons (Fsp3) is 0.222. The van der Waals surface area contributed by atoms with E-state index in [0.717, 1.165) is 10.0 Å². The normalized spacial score (nSPS) is 8.40. The summed E-state index contributed by atoms with van der Waals surface area (Å²) in [7, 11) is 0. The smallest absolute Gasteiger partial charge is 0.258 e. The number of nitro benzene ring substituents is 1. The lowest BCUT2D eigenvalue weighted by Gasteiger charge is -1.98. The Balaban J connectivity index is 0.000000583. The van der Waals surface area contributed by atoms with Crippen LogP contribution in [0.25, 0.3) is 0 Å². The first kappa shape index (κ1) is 13.5. The van der Waals surface area contributed by atoms with Gasteiger partial charge in [0.1, 0.15) is 0 Å². The second-order valence-corrected chi connectivity index (χ2v) is 3.38. The molecule has 0 saturated carbocycles. The molecule has 5 nitrogen and oxygen atoms in total. The van der Waals surface area contributed by atoms with Crippen molar-refractivity contribution in [1.82, 2.24) is 0 Å². The number of benzene rings is 1. The molecule has 0 aromatic heterocycles. The van der Waals surface area contributed by atoms with Gasteiger partial charge in [-0.2, -0.15) is 9.59 Å². The Kier molecular flexibility index (Phi) is 6.17. The first-order valence-electron chi connectivity index (χ1n) is 3.98. The predicted octanol–water partition coefficient (Wildman–Crippen LogP) is 2.34. The number of aryl methyl sites for hydroxylation is 1. The van der Waals surface area contributed by atoms with E-state index >= 15 is 0 Å². The van der Waals surface area contributed by atoms with Crippen LogP contribution in [-0.4, -0.2) is 11.1 Å². The molecular formula is C9H8BrNO4. The molecule has 1 rings (SSSR count). The van der Waals surface area contributed by atoms with E-state index in [2.05, 4.69) is 15.9 Å². The molecule has 0 aliphatic rings.